The largest absolute Gasteiger partial charge is 0.494 e. The standard InChI is InChI=1S/C23H26N7O4P/c1-24-23(32)19-17(10-18(29-30-19)28-22(31)13-8-9-13)27-16-7-5-6-15(20(16)34-2)21-25-11-14(12-26-21)35(3,4)33/h5-7,10-13H,8-9H2,1-4H3,(H,24,32)(H2,27,28,29,31)/i1D3. The molecule has 0 radical (unpaired) electrons. The fourth-order valence-corrected chi connectivity index (χ4v) is 3.94. The lowest BCUT2D eigenvalue weighted by Gasteiger charge is -2.16. The monoisotopic (exact) mass is 498 g/mol. The van der Waals surface area contributed by atoms with Crippen molar-refractivity contribution in [3.05, 3.63) is 42.4 Å². The summed E-state index contributed by atoms with van der Waals surface area (Å²) in [4.78, 5) is 33.6. The van der Waals surface area contributed by atoms with Gasteiger partial charge in [0.05, 0.1) is 24.0 Å². The zero-order chi connectivity index (χ0) is 27.7. The van der Waals surface area contributed by atoms with Gasteiger partial charge in [-0.25, -0.2) is 9.97 Å². The van der Waals surface area contributed by atoms with Crippen LogP contribution in [0.2, 0.25) is 0 Å². The van der Waals surface area contributed by atoms with Gasteiger partial charge in [0.15, 0.2) is 23.1 Å². The van der Waals surface area contributed by atoms with Crippen LogP contribution in [0, 0.1) is 5.92 Å². The van der Waals surface area contributed by atoms with Gasteiger partial charge in [0.1, 0.15) is 7.14 Å². The van der Waals surface area contributed by atoms with Gasteiger partial charge in [0, 0.05) is 40.8 Å². The summed E-state index contributed by atoms with van der Waals surface area (Å²) in [5, 5.41) is 15.9. The van der Waals surface area contributed by atoms with E-state index in [-0.39, 0.29) is 29.0 Å². The lowest BCUT2D eigenvalue weighted by molar-refractivity contribution is -0.117. The first kappa shape index (κ1) is 20.5. The molecule has 0 saturated heterocycles. The van der Waals surface area contributed by atoms with Gasteiger partial charge in [-0.2, -0.15) is 0 Å². The normalized spacial score (nSPS) is 14.8. The number of carbonyl (C=O) groups excluding carboxylic acids is 2. The van der Waals surface area contributed by atoms with E-state index in [2.05, 4.69) is 30.8 Å². The molecule has 1 aliphatic carbocycles. The van der Waals surface area contributed by atoms with Crippen LogP contribution in [0.1, 0.15) is 27.4 Å². The number of rotatable bonds is 8. The molecule has 35 heavy (non-hydrogen) atoms. The van der Waals surface area contributed by atoms with Crippen LogP contribution in [0.3, 0.4) is 0 Å². The van der Waals surface area contributed by atoms with Crippen molar-refractivity contribution in [1.29, 1.82) is 0 Å². The molecule has 1 saturated carbocycles. The van der Waals surface area contributed by atoms with E-state index in [1.807, 2.05) is 5.32 Å². The van der Waals surface area contributed by atoms with E-state index < -0.39 is 20.0 Å². The number of para-hydroxylation sites is 1. The number of carbonyl (C=O) groups is 2. The third-order valence-corrected chi connectivity index (χ3v) is 6.79. The van der Waals surface area contributed by atoms with Crippen molar-refractivity contribution < 1.29 is 23.0 Å². The van der Waals surface area contributed by atoms with Crippen LogP contribution in [-0.4, -0.2) is 59.4 Å². The minimum atomic E-state index is -2.75. The maximum atomic E-state index is 12.7. The molecule has 1 fully saturated rings. The van der Waals surface area contributed by atoms with E-state index in [9.17, 15) is 14.2 Å². The molecule has 0 unspecified atom stereocenters. The summed E-state index contributed by atoms with van der Waals surface area (Å²) in [6.07, 6.45) is 4.57. The number of nitrogens with zero attached hydrogens (tertiary/aromatic N) is 4. The van der Waals surface area contributed by atoms with Crippen LogP contribution >= 0.6 is 7.14 Å². The van der Waals surface area contributed by atoms with Gasteiger partial charge in [-0.3, -0.25) is 9.59 Å². The summed E-state index contributed by atoms with van der Waals surface area (Å²) >= 11 is 0. The van der Waals surface area contributed by atoms with E-state index in [1.165, 1.54) is 25.6 Å². The molecule has 2 amide bonds. The number of amides is 2. The predicted molar refractivity (Wildman–Crippen MR) is 133 cm³/mol. The fourth-order valence-electron chi connectivity index (χ4n) is 3.26. The molecule has 0 aliphatic heterocycles. The second-order valence-corrected chi connectivity index (χ2v) is 11.6. The highest BCUT2D eigenvalue weighted by atomic mass is 31.2. The SMILES string of the molecule is [2H]C([2H])([2H])NC(=O)c1nnc(NC(=O)C2CC2)cc1Nc1cccc(-c2ncc(P(C)(C)=O)cn2)c1OC. The van der Waals surface area contributed by atoms with Crippen molar-refractivity contribution in [1.82, 2.24) is 25.5 Å². The minimum absolute atomic E-state index is 0.0810. The zero-order valence-electron chi connectivity index (χ0n) is 22.3. The molecule has 11 nitrogen and oxygen atoms in total. The van der Waals surface area contributed by atoms with E-state index in [4.69, 9.17) is 8.85 Å². The number of hydrogen-bond donors (Lipinski definition) is 3. The number of benzene rings is 1. The topological polar surface area (TPSA) is 148 Å². The maximum Gasteiger partial charge on any atom is 0.273 e. The Labute approximate surface area is 206 Å². The first-order valence-corrected chi connectivity index (χ1v) is 13.3. The molecule has 12 heteroatoms. The molecule has 2 heterocycles. The molecule has 3 N–H and O–H groups in total. The third-order valence-electron chi connectivity index (χ3n) is 5.31. The van der Waals surface area contributed by atoms with E-state index in [0.29, 0.717) is 28.1 Å². The van der Waals surface area contributed by atoms with E-state index in [1.54, 1.807) is 31.5 Å². The Morgan fingerprint density at radius 1 is 1.14 bits per heavy atom. The van der Waals surface area contributed by atoms with Gasteiger partial charge in [0.25, 0.3) is 5.91 Å². The first-order chi connectivity index (χ1) is 17.9. The van der Waals surface area contributed by atoms with E-state index in [0.717, 1.165) is 12.8 Å². The number of aromatic nitrogens is 4. The number of nitrogens with one attached hydrogen (secondary N) is 3. The number of hydrogen-bond acceptors (Lipinski definition) is 9. The highest BCUT2D eigenvalue weighted by Gasteiger charge is 2.30. The molecule has 0 spiro atoms. The van der Waals surface area contributed by atoms with Crippen molar-refractivity contribution in [3.63, 3.8) is 0 Å². The summed E-state index contributed by atoms with van der Waals surface area (Å²) in [7, 11) is -1.10. The van der Waals surface area contributed by atoms with Crippen molar-refractivity contribution >= 4 is 41.5 Å². The molecule has 182 valence electrons. The van der Waals surface area contributed by atoms with Crippen LogP contribution in [0.4, 0.5) is 17.2 Å². The summed E-state index contributed by atoms with van der Waals surface area (Å²) < 4.78 is 40.0. The van der Waals surface area contributed by atoms with Crippen LogP contribution in [0.5, 0.6) is 5.75 Å². The molecular formula is C23H26N7O4P. The second-order valence-electron chi connectivity index (χ2n) is 8.34. The smallest absolute Gasteiger partial charge is 0.273 e. The van der Waals surface area contributed by atoms with Gasteiger partial charge in [-0.1, -0.05) is 6.07 Å². The summed E-state index contributed by atoms with van der Waals surface area (Å²) in [6.45, 7) is 0.498. The summed E-state index contributed by atoms with van der Waals surface area (Å²) in [5.74, 6) is -0.574. The molecule has 0 atom stereocenters. The average molecular weight is 498 g/mol. The molecule has 0 bridgehead atoms. The van der Waals surface area contributed by atoms with Gasteiger partial charge in [0.2, 0.25) is 5.91 Å². The average Bonchev–Trinajstić information content (AvgIpc) is 3.68. The Morgan fingerprint density at radius 2 is 1.89 bits per heavy atom. The second kappa shape index (κ2) is 9.79. The first-order valence-electron chi connectivity index (χ1n) is 12.2. The van der Waals surface area contributed by atoms with Gasteiger partial charge >= 0.3 is 0 Å². The molecule has 3 aromatic rings. The van der Waals surface area contributed by atoms with Gasteiger partial charge in [-0.05, 0) is 38.3 Å². The number of ether oxygens (including phenoxy) is 1. The van der Waals surface area contributed by atoms with Crippen LogP contribution < -0.4 is 26.0 Å². The number of anilines is 3. The fraction of sp³-hybridized carbons (Fsp3) is 0.304. The predicted octanol–water partition coefficient (Wildman–Crippen LogP) is 2.64. The van der Waals surface area contributed by atoms with Crippen LogP contribution in [-0.2, 0) is 9.36 Å². The Balaban J connectivity index is 1.72. The maximum absolute atomic E-state index is 12.7. The Morgan fingerprint density at radius 3 is 2.51 bits per heavy atom. The lowest BCUT2D eigenvalue weighted by atomic mass is 10.1. The van der Waals surface area contributed by atoms with Crippen molar-refractivity contribution in [2.45, 2.75) is 12.8 Å². The summed E-state index contributed by atoms with van der Waals surface area (Å²) in [5.41, 5.74) is 0.659. The van der Waals surface area contributed by atoms with Gasteiger partial charge in [-0.15, -0.1) is 10.2 Å². The Kier molecular flexibility index (Phi) is 5.74. The molecule has 1 aromatic carbocycles. The Hall–Kier alpha value is -3.85. The van der Waals surface area contributed by atoms with Crippen molar-refractivity contribution in [2.75, 3.05) is 38.0 Å². The van der Waals surface area contributed by atoms with Crippen LogP contribution in [0.15, 0.2) is 36.7 Å². The molecular weight excluding hydrogens is 469 g/mol. The third kappa shape index (κ3) is 5.46. The van der Waals surface area contributed by atoms with Crippen LogP contribution in [0.25, 0.3) is 11.4 Å². The highest BCUT2D eigenvalue weighted by Crippen LogP contribution is 2.38. The zero-order valence-corrected chi connectivity index (χ0v) is 20.2. The van der Waals surface area contributed by atoms with Gasteiger partial charge < -0.3 is 25.3 Å². The number of methoxy groups -OCH3 is 1. The quantitative estimate of drug-likeness (QED) is 0.399. The molecule has 1 aliphatic rings. The highest BCUT2D eigenvalue weighted by molar-refractivity contribution is 7.70. The Bertz CT molecular complexity index is 1420. The summed E-state index contributed by atoms with van der Waals surface area (Å²) in [6, 6.07) is 6.48. The minimum Gasteiger partial charge on any atom is -0.494 e. The molecule has 2 aromatic heterocycles. The van der Waals surface area contributed by atoms with Crippen molar-refractivity contribution in [3.8, 4) is 17.1 Å². The lowest BCUT2D eigenvalue weighted by Crippen LogP contribution is -2.22. The van der Waals surface area contributed by atoms with E-state index >= 15 is 0 Å². The van der Waals surface area contributed by atoms with Crippen molar-refractivity contribution in [2.24, 2.45) is 5.92 Å². The molecule has 4 rings (SSSR count).